The lowest BCUT2D eigenvalue weighted by molar-refractivity contribution is 0.232. The minimum atomic E-state index is 0.0556. The zero-order chi connectivity index (χ0) is 16.2. The number of hydrogen-bond acceptors (Lipinski definition) is 7. The Morgan fingerprint density at radius 3 is 2.91 bits per heavy atom. The summed E-state index contributed by atoms with van der Waals surface area (Å²) in [5, 5.41) is 11.7. The molecule has 8 nitrogen and oxygen atoms in total. The van der Waals surface area contributed by atoms with Crippen LogP contribution in [0.5, 0.6) is 5.88 Å². The molecule has 0 aliphatic carbocycles. The van der Waals surface area contributed by atoms with Crippen molar-refractivity contribution in [3.8, 4) is 17.3 Å². The molecule has 0 unspecified atom stereocenters. The Hall–Kier alpha value is -3.03. The minimum absolute atomic E-state index is 0.0556. The summed E-state index contributed by atoms with van der Waals surface area (Å²) in [7, 11) is 0. The average molecular weight is 312 g/mol. The van der Waals surface area contributed by atoms with Gasteiger partial charge >= 0.3 is 0 Å². The van der Waals surface area contributed by atoms with E-state index >= 15 is 0 Å². The van der Waals surface area contributed by atoms with E-state index < -0.39 is 0 Å². The van der Waals surface area contributed by atoms with Crippen molar-refractivity contribution in [2.75, 3.05) is 0 Å². The molecule has 0 aromatic carbocycles. The monoisotopic (exact) mass is 312 g/mol. The van der Waals surface area contributed by atoms with Gasteiger partial charge in [0.2, 0.25) is 18.2 Å². The lowest BCUT2D eigenvalue weighted by Gasteiger charge is -2.10. The summed E-state index contributed by atoms with van der Waals surface area (Å²) >= 11 is 0. The van der Waals surface area contributed by atoms with E-state index in [1.54, 1.807) is 23.3 Å². The van der Waals surface area contributed by atoms with Crippen molar-refractivity contribution in [2.45, 2.75) is 26.9 Å². The third-order valence-electron chi connectivity index (χ3n) is 2.80. The zero-order valence-corrected chi connectivity index (χ0v) is 13.0. The van der Waals surface area contributed by atoms with Crippen molar-refractivity contribution in [3.63, 3.8) is 0 Å². The van der Waals surface area contributed by atoms with Crippen LogP contribution in [0.25, 0.3) is 23.7 Å². The van der Waals surface area contributed by atoms with Crippen LogP contribution < -0.4 is 4.74 Å². The maximum atomic E-state index is 5.65. The van der Waals surface area contributed by atoms with E-state index in [0.29, 0.717) is 17.6 Å². The molecule has 0 fully saturated rings. The number of rotatable bonds is 5. The molecule has 0 atom stereocenters. The topological polar surface area (TPSA) is 91.8 Å². The molecular weight excluding hydrogens is 296 g/mol. The van der Waals surface area contributed by atoms with Crippen LogP contribution in [0.3, 0.4) is 0 Å². The second-order valence-electron chi connectivity index (χ2n) is 5.14. The van der Waals surface area contributed by atoms with Gasteiger partial charge in [0.05, 0.1) is 6.10 Å². The molecule has 118 valence electrons. The Bertz CT molecular complexity index is 807. The van der Waals surface area contributed by atoms with Crippen LogP contribution in [0.4, 0.5) is 0 Å². The fourth-order valence-electron chi connectivity index (χ4n) is 1.94. The van der Waals surface area contributed by atoms with E-state index in [4.69, 9.17) is 9.15 Å². The highest BCUT2D eigenvalue weighted by molar-refractivity contribution is 5.58. The van der Waals surface area contributed by atoms with Gasteiger partial charge in [0.25, 0.3) is 0 Å². The quantitative estimate of drug-likeness (QED) is 0.714. The predicted molar refractivity (Wildman–Crippen MR) is 83.3 cm³/mol. The van der Waals surface area contributed by atoms with Crippen LogP contribution in [0.15, 0.2) is 29.3 Å². The van der Waals surface area contributed by atoms with E-state index in [9.17, 15) is 0 Å². The maximum absolute atomic E-state index is 5.65. The Kier molecular flexibility index (Phi) is 4.13. The number of nitrogens with zero attached hydrogens (tertiary/aromatic N) is 6. The van der Waals surface area contributed by atoms with Gasteiger partial charge in [0, 0.05) is 29.6 Å². The van der Waals surface area contributed by atoms with Gasteiger partial charge in [0.15, 0.2) is 5.82 Å². The molecule has 0 amide bonds. The largest absolute Gasteiger partial charge is 0.475 e. The number of aryl methyl sites for hydroxylation is 1. The van der Waals surface area contributed by atoms with Crippen molar-refractivity contribution in [1.29, 1.82) is 0 Å². The first-order chi connectivity index (χ1) is 11.1. The van der Waals surface area contributed by atoms with Gasteiger partial charge in [-0.25, -0.2) is 14.6 Å². The SMILES string of the molecule is Cc1cc(-c2ncn(/C=C\c3nnco3)n2)cc(OC(C)C)n1. The van der Waals surface area contributed by atoms with Crippen LogP contribution in [-0.4, -0.2) is 36.0 Å². The summed E-state index contributed by atoms with van der Waals surface area (Å²) < 4.78 is 12.2. The highest BCUT2D eigenvalue weighted by Gasteiger charge is 2.09. The Balaban J connectivity index is 1.83. The molecular formula is C15H16N6O2. The van der Waals surface area contributed by atoms with Crippen molar-refractivity contribution >= 4 is 12.3 Å². The molecule has 3 aromatic rings. The summed E-state index contributed by atoms with van der Waals surface area (Å²) in [6.45, 7) is 5.82. The normalized spacial score (nSPS) is 11.5. The van der Waals surface area contributed by atoms with Gasteiger partial charge in [-0.1, -0.05) is 0 Å². The van der Waals surface area contributed by atoms with Gasteiger partial charge < -0.3 is 9.15 Å². The molecule has 3 aromatic heterocycles. The summed E-state index contributed by atoms with van der Waals surface area (Å²) in [5.41, 5.74) is 1.69. The van der Waals surface area contributed by atoms with Gasteiger partial charge in [-0.05, 0) is 26.8 Å². The zero-order valence-electron chi connectivity index (χ0n) is 13.0. The first kappa shape index (κ1) is 14.9. The van der Waals surface area contributed by atoms with Crippen LogP contribution in [0.2, 0.25) is 0 Å². The summed E-state index contributed by atoms with van der Waals surface area (Å²) in [4.78, 5) is 8.65. The molecule has 8 heteroatoms. The second kappa shape index (κ2) is 6.39. The van der Waals surface area contributed by atoms with E-state index in [-0.39, 0.29) is 6.10 Å². The fourth-order valence-corrected chi connectivity index (χ4v) is 1.94. The molecule has 0 aliphatic rings. The molecule has 0 aliphatic heterocycles. The Labute approximate surface area is 132 Å². The lowest BCUT2D eigenvalue weighted by Crippen LogP contribution is -2.07. The van der Waals surface area contributed by atoms with Crippen LogP contribution in [-0.2, 0) is 0 Å². The highest BCUT2D eigenvalue weighted by atomic mass is 16.5. The molecule has 0 radical (unpaired) electrons. The second-order valence-corrected chi connectivity index (χ2v) is 5.14. The van der Waals surface area contributed by atoms with Crippen molar-refractivity contribution in [3.05, 3.63) is 36.4 Å². The van der Waals surface area contributed by atoms with Crippen molar-refractivity contribution in [1.82, 2.24) is 29.9 Å². The Morgan fingerprint density at radius 1 is 1.30 bits per heavy atom. The molecule has 3 rings (SSSR count). The highest BCUT2D eigenvalue weighted by Crippen LogP contribution is 2.21. The molecule has 23 heavy (non-hydrogen) atoms. The summed E-state index contributed by atoms with van der Waals surface area (Å²) in [6, 6.07) is 3.74. The standard InChI is InChI=1S/C15H16N6O2/c1-10(2)23-14-7-12(6-11(3)18-14)15-16-8-21(20-15)5-4-13-19-17-9-22-13/h4-10H,1-3H3/b5-4-. The van der Waals surface area contributed by atoms with Gasteiger partial charge in [0.1, 0.15) is 6.33 Å². The third kappa shape index (κ3) is 3.79. The lowest BCUT2D eigenvalue weighted by atomic mass is 10.2. The van der Waals surface area contributed by atoms with Gasteiger partial charge in [-0.2, -0.15) is 0 Å². The Morgan fingerprint density at radius 2 is 2.17 bits per heavy atom. The van der Waals surface area contributed by atoms with Crippen molar-refractivity contribution in [2.24, 2.45) is 0 Å². The molecule has 0 saturated carbocycles. The first-order valence-electron chi connectivity index (χ1n) is 7.11. The van der Waals surface area contributed by atoms with Crippen LogP contribution in [0.1, 0.15) is 25.4 Å². The minimum Gasteiger partial charge on any atom is -0.475 e. The maximum Gasteiger partial charge on any atom is 0.241 e. The van der Waals surface area contributed by atoms with Crippen LogP contribution in [0, 0.1) is 6.92 Å². The van der Waals surface area contributed by atoms with E-state index in [1.165, 1.54) is 6.39 Å². The fraction of sp³-hybridized carbons (Fsp3) is 0.267. The average Bonchev–Trinajstić information content (AvgIpc) is 3.15. The van der Waals surface area contributed by atoms with E-state index in [2.05, 4.69) is 25.3 Å². The third-order valence-corrected chi connectivity index (χ3v) is 2.80. The molecule has 0 N–H and O–H groups in total. The molecule has 0 spiro atoms. The number of aromatic nitrogens is 6. The summed E-state index contributed by atoms with van der Waals surface area (Å²) in [6.07, 6.45) is 6.25. The van der Waals surface area contributed by atoms with Gasteiger partial charge in [-0.15, -0.1) is 15.3 Å². The van der Waals surface area contributed by atoms with Crippen molar-refractivity contribution < 1.29 is 9.15 Å². The van der Waals surface area contributed by atoms with Gasteiger partial charge in [-0.3, -0.25) is 0 Å². The molecule has 0 bridgehead atoms. The van der Waals surface area contributed by atoms with Crippen LogP contribution >= 0.6 is 0 Å². The molecule has 3 heterocycles. The number of hydrogen-bond donors (Lipinski definition) is 0. The molecule has 0 saturated heterocycles. The van der Waals surface area contributed by atoms with E-state index in [0.717, 1.165) is 11.3 Å². The number of pyridine rings is 1. The van der Waals surface area contributed by atoms with E-state index in [1.807, 2.05) is 32.9 Å². The predicted octanol–water partition coefficient (Wildman–Crippen LogP) is 2.45. The smallest absolute Gasteiger partial charge is 0.241 e. The summed E-state index contributed by atoms with van der Waals surface area (Å²) in [5.74, 6) is 1.54. The number of ether oxygens (including phenoxy) is 1. The first-order valence-corrected chi connectivity index (χ1v) is 7.11.